The molecule has 180 valence electrons. The Morgan fingerprint density at radius 2 is 1.85 bits per heavy atom. The molecule has 0 aromatic heterocycles. The van der Waals surface area contributed by atoms with Crippen LogP contribution in [0.4, 0.5) is 0 Å². The van der Waals surface area contributed by atoms with Crippen LogP contribution in [0.25, 0.3) is 5.76 Å². The predicted molar refractivity (Wildman–Crippen MR) is 133 cm³/mol. The zero-order chi connectivity index (χ0) is 24.6. The normalized spacial score (nSPS) is 21.4. The summed E-state index contributed by atoms with van der Waals surface area (Å²) in [5, 5.41) is 11.3. The second-order valence-corrected chi connectivity index (χ2v) is 9.93. The minimum Gasteiger partial charge on any atom is -0.507 e. The number of hydrogen-bond acceptors (Lipinski definition) is 5. The number of benzene rings is 2. The van der Waals surface area contributed by atoms with Crippen LogP contribution in [0.5, 0.6) is 5.75 Å². The number of aliphatic hydroxyl groups is 1. The number of hydrogen-bond donors (Lipinski definition) is 1. The molecule has 0 aliphatic carbocycles. The van der Waals surface area contributed by atoms with E-state index in [1.165, 1.54) is 5.56 Å². The molecule has 2 unspecified atom stereocenters. The number of amides is 1. The standard InChI is InChI=1S/C28H34N2O4/c1-17(2)19-7-9-20(10-8-19)25-24(27(32)28(33)30(25)14-6-13-29(4)5)26(31)21-11-12-23-22(16-21)15-18(3)34-23/h7-12,16-18,25,31H,6,13-15H2,1-5H3/b26-24+. The third-order valence-corrected chi connectivity index (χ3v) is 6.63. The van der Waals surface area contributed by atoms with Gasteiger partial charge in [0.25, 0.3) is 11.7 Å². The molecule has 2 aliphatic heterocycles. The monoisotopic (exact) mass is 462 g/mol. The Bertz CT molecular complexity index is 1120. The minimum atomic E-state index is -0.634. The molecule has 0 radical (unpaired) electrons. The summed E-state index contributed by atoms with van der Waals surface area (Å²) in [4.78, 5) is 30.0. The van der Waals surface area contributed by atoms with Gasteiger partial charge in [-0.1, -0.05) is 38.1 Å². The smallest absolute Gasteiger partial charge is 0.295 e. The van der Waals surface area contributed by atoms with Crippen molar-refractivity contribution in [3.05, 3.63) is 70.3 Å². The highest BCUT2D eigenvalue weighted by Crippen LogP contribution is 2.41. The van der Waals surface area contributed by atoms with Crippen molar-refractivity contribution in [2.24, 2.45) is 0 Å². The van der Waals surface area contributed by atoms with E-state index in [1.807, 2.05) is 57.4 Å². The van der Waals surface area contributed by atoms with Crippen LogP contribution in [0, 0.1) is 0 Å². The van der Waals surface area contributed by atoms with Crippen molar-refractivity contribution in [1.82, 2.24) is 9.80 Å². The fraction of sp³-hybridized carbons (Fsp3) is 0.429. The molecule has 2 aliphatic rings. The van der Waals surface area contributed by atoms with Crippen LogP contribution < -0.4 is 4.74 Å². The molecule has 6 heteroatoms. The fourth-order valence-corrected chi connectivity index (χ4v) is 4.80. The Balaban J connectivity index is 1.77. The van der Waals surface area contributed by atoms with Crippen molar-refractivity contribution in [3.63, 3.8) is 0 Å². The molecule has 0 saturated carbocycles. The third-order valence-electron chi connectivity index (χ3n) is 6.63. The molecule has 2 heterocycles. The van der Waals surface area contributed by atoms with Gasteiger partial charge in [0.1, 0.15) is 17.6 Å². The van der Waals surface area contributed by atoms with Gasteiger partial charge < -0.3 is 19.6 Å². The van der Waals surface area contributed by atoms with Crippen molar-refractivity contribution >= 4 is 17.4 Å². The van der Waals surface area contributed by atoms with Gasteiger partial charge in [0, 0.05) is 18.5 Å². The maximum Gasteiger partial charge on any atom is 0.295 e. The number of aliphatic hydroxyl groups excluding tert-OH is 1. The number of ketones is 1. The first-order chi connectivity index (χ1) is 16.2. The van der Waals surface area contributed by atoms with Crippen LogP contribution in [0.2, 0.25) is 0 Å². The first-order valence-electron chi connectivity index (χ1n) is 12.0. The number of likely N-dealkylation sites (tertiary alicyclic amines) is 1. The predicted octanol–water partition coefficient (Wildman–Crippen LogP) is 4.51. The Morgan fingerprint density at radius 3 is 2.50 bits per heavy atom. The third kappa shape index (κ3) is 4.60. The number of fused-ring (bicyclic) bond motifs is 1. The molecule has 2 aromatic carbocycles. The van der Waals surface area contributed by atoms with Crippen LogP contribution >= 0.6 is 0 Å². The summed E-state index contributed by atoms with van der Waals surface area (Å²) in [7, 11) is 3.96. The lowest BCUT2D eigenvalue weighted by molar-refractivity contribution is -0.139. The lowest BCUT2D eigenvalue weighted by Crippen LogP contribution is -2.32. The molecular weight excluding hydrogens is 428 g/mol. The molecule has 4 rings (SSSR count). The van der Waals surface area contributed by atoms with Gasteiger partial charge in [-0.15, -0.1) is 0 Å². The molecule has 1 fully saturated rings. The average molecular weight is 463 g/mol. The van der Waals surface area contributed by atoms with Crippen molar-refractivity contribution in [2.75, 3.05) is 27.2 Å². The summed E-state index contributed by atoms with van der Waals surface area (Å²) >= 11 is 0. The van der Waals surface area contributed by atoms with E-state index in [-0.39, 0.29) is 17.4 Å². The van der Waals surface area contributed by atoms with Gasteiger partial charge in [-0.3, -0.25) is 9.59 Å². The number of Topliss-reactive ketones (excluding diaryl/α,β-unsaturated/α-hetero) is 1. The van der Waals surface area contributed by atoms with Crippen LogP contribution in [-0.4, -0.2) is 59.9 Å². The molecule has 0 bridgehead atoms. The maximum absolute atomic E-state index is 13.2. The van der Waals surface area contributed by atoms with E-state index < -0.39 is 17.7 Å². The number of nitrogens with zero attached hydrogens (tertiary/aromatic N) is 2. The van der Waals surface area contributed by atoms with Crippen molar-refractivity contribution in [2.45, 2.75) is 51.7 Å². The van der Waals surface area contributed by atoms with Gasteiger partial charge in [0.05, 0.1) is 11.6 Å². The number of carbonyl (C=O) groups is 2. The van der Waals surface area contributed by atoms with Crippen molar-refractivity contribution in [1.29, 1.82) is 0 Å². The summed E-state index contributed by atoms with van der Waals surface area (Å²) in [6.07, 6.45) is 1.55. The highest BCUT2D eigenvalue weighted by Gasteiger charge is 2.45. The van der Waals surface area contributed by atoms with E-state index in [0.29, 0.717) is 18.0 Å². The molecule has 2 atom stereocenters. The molecule has 1 saturated heterocycles. The van der Waals surface area contributed by atoms with Crippen molar-refractivity contribution < 1.29 is 19.4 Å². The average Bonchev–Trinajstić information content (AvgIpc) is 3.29. The van der Waals surface area contributed by atoms with E-state index in [9.17, 15) is 14.7 Å². The summed E-state index contributed by atoms with van der Waals surface area (Å²) in [5.41, 5.74) is 3.69. The largest absolute Gasteiger partial charge is 0.507 e. The van der Waals surface area contributed by atoms with Crippen LogP contribution in [0.3, 0.4) is 0 Å². The van der Waals surface area contributed by atoms with E-state index in [4.69, 9.17) is 4.74 Å². The molecule has 0 spiro atoms. The summed E-state index contributed by atoms with van der Waals surface area (Å²) in [6.45, 7) is 7.48. The molecule has 2 aromatic rings. The fourth-order valence-electron chi connectivity index (χ4n) is 4.80. The quantitative estimate of drug-likeness (QED) is 0.373. The summed E-state index contributed by atoms with van der Waals surface area (Å²) in [6, 6.07) is 12.8. The lowest BCUT2D eigenvalue weighted by atomic mass is 9.92. The summed E-state index contributed by atoms with van der Waals surface area (Å²) in [5.74, 6) is -0.152. The van der Waals surface area contributed by atoms with Gasteiger partial charge in [0.2, 0.25) is 0 Å². The van der Waals surface area contributed by atoms with E-state index in [1.54, 1.807) is 11.0 Å². The number of carbonyl (C=O) groups excluding carboxylic acids is 2. The van der Waals surface area contributed by atoms with Gasteiger partial charge in [-0.2, -0.15) is 0 Å². The van der Waals surface area contributed by atoms with E-state index in [0.717, 1.165) is 36.3 Å². The Morgan fingerprint density at radius 1 is 1.15 bits per heavy atom. The number of rotatable bonds is 7. The molecule has 1 N–H and O–H groups in total. The second kappa shape index (κ2) is 9.63. The van der Waals surface area contributed by atoms with Gasteiger partial charge in [-0.25, -0.2) is 0 Å². The zero-order valence-corrected chi connectivity index (χ0v) is 20.7. The Kier molecular flexibility index (Phi) is 6.80. The topological polar surface area (TPSA) is 70.1 Å². The van der Waals surface area contributed by atoms with Crippen LogP contribution in [0.1, 0.15) is 61.4 Å². The van der Waals surface area contributed by atoms with Gasteiger partial charge >= 0.3 is 0 Å². The van der Waals surface area contributed by atoms with Crippen LogP contribution in [0.15, 0.2) is 48.0 Å². The Labute approximate surface area is 201 Å². The zero-order valence-electron chi connectivity index (χ0n) is 20.7. The first-order valence-corrected chi connectivity index (χ1v) is 12.0. The highest BCUT2D eigenvalue weighted by molar-refractivity contribution is 6.46. The number of ether oxygens (including phenoxy) is 1. The molecule has 6 nitrogen and oxygen atoms in total. The lowest BCUT2D eigenvalue weighted by Gasteiger charge is -2.26. The van der Waals surface area contributed by atoms with Gasteiger partial charge in [-0.05, 0) is 74.8 Å². The van der Waals surface area contributed by atoms with E-state index >= 15 is 0 Å². The Hall–Kier alpha value is -3.12. The summed E-state index contributed by atoms with van der Waals surface area (Å²) < 4.78 is 5.78. The van der Waals surface area contributed by atoms with Crippen molar-refractivity contribution in [3.8, 4) is 5.75 Å². The first kappa shape index (κ1) is 24.0. The van der Waals surface area contributed by atoms with Gasteiger partial charge in [0.15, 0.2) is 0 Å². The molecular formula is C28H34N2O4. The SMILES string of the molecule is CC1Cc2cc(/C(O)=C3\C(=O)C(=O)N(CCCN(C)C)C3c3ccc(C(C)C)cc3)ccc2O1. The molecule has 1 amide bonds. The minimum absolute atomic E-state index is 0.0779. The molecule has 34 heavy (non-hydrogen) atoms. The maximum atomic E-state index is 13.2. The van der Waals surface area contributed by atoms with E-state index in [2.05, 4.69) is 18.7 Å². The van der Waals surface area contributed by atoms with Crippen LogP contribution in [-0.2, 0) is 16.0 Å². The highest BCUT2D eigenvalue weighted by atomic mass is 16.5. The second-order valence-electron chi connectivity index (χ2n) is 9.93.